The van der Waals surface area contributed by atoms with E-state index in [9.17, 15) is 0 Å². The molecule has 0 spiro atoms. The van der Waals surface area contributed by atoms with Gasteiger partial charge in [0.05, 0.1) is 0 Å². The van der Waals surface area contributed by atoms with Crippen molar-refractivity contribution in [3.63, 3.8) is 0 Å². The molecule has 1 aromatic rings. The third-order valence-electron chi connectivity index (χ3n) is 3.44. The number of thioether (sulfide) groups is 1. The molecule has 0 bridgehead atoms. The number of nitrogens with one attached hydrogen (secondary N) is 1. The van der Waals surface area contributed by atoms with Crippen LogP contribution in [0, 0.1) is 5.92 Å². The Kier molecular flexibility index (Phi) is 5.39. The van der Waals surface area contributed by atoms with Crippen LogP contribution < -0.4 is 5.32 Å². The van der Waals surface area contributed by atoms with E-state index in [-0.39, 0.29) is 0 Å². The molecule has 1 unspecified atom stereocenters. The normalized spacial score (nSPS) is 17.8. The Morgan fingerprint density at radius 1 is 1.41 bits per heavy atom. The summed E-state index contributed by atoms with van der Waals surface area (Å²) in [4.78, 5) is 1.36. The van der Waals surface area contributed by atoms with Crippen LogP contribution in [0.5, 0.6) is 0 Å². The second-order valence-electron chi connectivity index (χ2n) is 4.60. The maximum atomic E-state index is 3.64. The van der Waals surface area contributed by atoms with Gasteiger partial charge in [0, 0.05) is 21.2 Å². The van der Waals surface area contributed by atoms with Gasteiger partial charge in [-0.15, -0.1) is 11.8 Å². The van der Waals surface area contributed by atoms with E-state index in [1.165, 1.54) is 34.4 Å². The van der Waals surface area contributed by atoms with E-state index in [0.717, 1.165) is 12.5 Å². The van der Waals surface area contributed by atoms with Crippen LogP contribution in [0.4, 0.5) is 0 Å². The van der Waals surface area contributed by atoms with Gasteiger partial charge in [-0.25, -0.2) is 0 Å². The average molecular weight is 314 g/mol. The Bertz CT molecular complexity index is 352. The lowest BCUT2D eigenvalue weighted by Crippen LogP contribution is -2.41. The lowest BCUT2D eigenvalue weighted by atomic mass is 9.80. The maximum absolute atomic E-state index is 3.64. The minimum absolute atomic E-state index is 0.686. The lowest BCUT2D eigenvalue weighted by Gasteiger charge is -2.34. The summed E-state index contributed by atoms with van der Waals surface area (Å²) < 4.78 is 1.22. The van der Waals surface area contributed by atoms with Crippen molar-refractivity contribution in [2.75, 3.05) is 12.3 Å². The van der Waals surface area contributed by atoms with E-state index in [1.807, 2.05) is 11.8 Å². The molecule has 1 aromatic carbocycles. The summed E-state index contributed by atoms with van der Waals surface area (Å²) >= 11 is 5.58. The van der Waals surface area contributed by atoms with Crippen LogP contribution >= 0.6 is 27.7 Å². The predicted molar refractivity (Wildman–Crippen MR) is 79.7 cm³/mol. The van der Waals surface area contributed by atoms with Crippen molar-refractivity contribution in [2.24, 2.45) is 5.92 Å². The SMILES string of the molecule is CCNC(CSc1ccccc1Br)C1CCC1. The van der Waals surface area contributed by atoms with E-state index in [2.05, 4.69) is 52.4 Å². The van der Waals surface area contributed by atoms with Crippen molar-refractivity contribution in [1.29, 1.82) is 0 Å². The Hall–Kier alpha value is 0.01000. The Labute approximate surface area is 117 Å². The van der Waals surface area contributed by atoms with Crippen molar-refractivity contribution in [1.82, 2.24) is 5.32 Å². The van der Waals surface area contributed by atoms with Gasteiger partial charge in [0.25, 0.3) is 0 Å². The molecular weight excluding hydrogens is 294 g/mol. The summed E-state index contributed by atoms with van der Waals surface area (Å²) in [6.07, 6.45) is 4.24. The summed E-state index contributed by atoms with van der Waals surface area (Å²) in [5, 5.41) is 3.64. The smallest absolute Gasteiger partial charge is 0.0311 e. The Morgan fingerprint density at radius 3 is 2.76 bits per heavy atom. The lowest BCUT2D eigenvalue weighted by molar-refractivity contribution is 0.246. The van der Waals surface area contributed by atoms with E-state index in [0.29, 0.717) is 6.04 Å². The molecule has 1 aliphatic carbocycles. The zero-order valence-corrected chi connectivity index (χ0v) is 12.7. The van der Waals surface area contributed by atoms with Crippen molar-refractivity contribution in [2.45, 2.75) is 37.1 Å². The summed E-state index contributed by atoms with van der Waals surface area (Å²) in [6.45, 7) is 3.28. The molecule has 1 atom stereocenters. The molecule has 17 heavy (non-hydrogen) atoms. The molecule has 2 rings (SSSR count). The van der Waals surface area contributed by atoms with Gasteiger partial charge in [-0.2, -0.15) is 0 Å². The Morgan fingerprint density at radius 2 is 2.18 bits per heavy atom. The van der Waals surface area contributed by atoms with Gasteiger partial charge in [-0.1, -0.05) is 25.5 Å². The molecule has 1 aliphatic rings. The van der Waals surface area contributed by atoms with Gasteiger partial charge in [-0.3, -0.25) is 0 Å². The molecule has 0 aromatic heterocycles. The molecule has 94 valence electrons. The van der Waals surface area contributed by atoms with Crippen LogP contribution in [0.1, 0.15) is 26.2 Å². The standard InChI is InChI=1S/C14H20BrNS/c1-2-16-13(11-6-5-7-11)10-17-14-9-4-3-8-12(14)15/h3-4,8-9,11,13,16H,2,5-7,10H2,1H3. The third kappa shape index (κ3) is 3.73. The fourth-order valence-corrected chi connectivity index (χ4v) is 3.97. The van der Waals surface area contributed by atoms with Gasteiger partial charge in [0.2, 0.25) is 0 Å². The molecule has 0 aliphatic heterocycles. The highest BCUT2D eigenvalue weighted by Crippen LogP contribution is 2.34. The number of hydrogen-bond acceptors (Lipinski definition) is 2. The summed E-state index contributed by atoms with van der Waals surface area (Å²) in [5.74, 6) is 2.09. The van der Waals surface area contributed by atoms with E-state index >= 15 is 0 Å². The second-order valence-corrected chi connectivity index (χ2v) is 6.51. The second kappa shape index (κ2) is 6.81. The molecular formula is C14H20BrNS. The van der Waals surface area contributed by atoms with Crippen LogP contribution in [0.25, 0.3) is 0 Å². The van der Waals surface area contributed by atoms with Crippen LogP contribution in [-0.2, 0) is 0 Å². The fourth-order valence-electron chi connectivity index (χ4n) is 2.21. The average Bonchev–Trinajstić information content (AvgIpc) is 2.25. The van der Waals surface area contributed by atoms with Crippen LogP contribution in [-0.4, -0.2) is 18.3 Å². The molecule has 1 nitrogen and oxygen atoms in total. The molecule has 0 heterocycles. The van der Waals surface area contributed by atoms with Crippen molar-refractivity contribution < 1.29 is 0 Å². The van der Waals surface area contributed by atoms with Gasteiger partial charge in [0.15, 0.2) is 0 Å². The molecule has 1 N–H and O–H groups in total. The van der Waals surface area contributed by atoms with Crippen LogP contribution in [0.2, 0.25) is 0 Å². The molecule has 0 radical (unpaired) electrons. The molecule has 0 amide bonds. The first kappa shape index (κ1) is 13.4. The zero-order chi connectivity index (χ0) is 12.1. The summed E-state index contributed by atoms with van der Waals surface area (Å²) in [7, 11) is 0. The monoisotopic (exact) mass is 313 g/mol. The van der Waals surface area contributed by atoms with E-state index in [4.69, 9.17) is 0 Å². The number of rotatable bonds is 6. The van der Waals surface area contributed by atoms with Gasteiger partial charge in [-0.05, 0) is 53.4 Å². The van der Waals surface area contributed by atoms with Crippen LogP contribution in [0.15, 0.2) is 33.6 Å². The Balaban J connectivity index is 1.88. The summed E-state index contributed by atoms with van der Waals surface area (Å²) in [6, 6.07) is 9.18. The largest absolute Gasteiger partial charge is 0.313 e. The molecule has 0 saturated heterocycles. The topological polar surface area (TPSA) is 12.0 Å². The van der Waals surface area contributed by atoms with Crippen molar-refractivity contribution >= 4 is 27.7 Å². The van der Waals surface area contributed by atoms with E-state index in [1.54, 1.807) is 0 Å². The quantitative estimate of drug-likeness (QED) is 0.785. The highest BCUT2D eigenvalue weighted by Gasteiger charge is 2.26. The number of benzene rings is 1. The van der Waals surface area contributed by atoms with Crippen molar-refractivity contribution in [3.8, 4) is 0 Å². The first-order valence-corrected chi connectivity index (χ1v) is 8.20. The first-order chi connectivity index (χ1) is 8.31. The molecule has 1 saturated carbocycles. The van der Waals surface area contributed by atoms with E-state index < -0.39 is 0 Å². The van der Waals surface area contributed by atoms with Crippen LogP contribution in [0.3, 0.4) is 0 Å². The maximum Gasteiger partial charge on any atom is 0.0311 e. The van der Waals surface area contributed by atoms with Crippen molar-refractivity contribution in [3.05, 3.63) is 28.7 Å². The zero-order valence-electron chi connectivity index (χ0n) is 10.3. The molecule has 1 fully saturated rings. The molecule has 3 heteroatoms. The fraction of sp³-hybridized carbons (Fsp3) is 0.571. The van der Waals surface area contributed by atoms with Gasteiger partial charge in [0.1, 0.15) is 0 Å². The number of hydrogen-bond donors (Lipinski definition) is 1. The third-order valence-corrected chi connectivity index (χ3v) is 5.59. The highest BCUT2D eigenvalue weighted by molar-refractivity contribution is 9.10. The number of halogens is 1. The summed E-state index contributed by atoms with van der Waals surface area (Å²) in [5.41, 5.74) is 0. The minimum Gasteiger partial charge on any atom is -0.313 e. The van der Waals surface area contributed by atoms with Gasteiger partial charge >= 0.3 is 0 Å². The minimum atomic E-state index is 0.686. The predicted octanol–water partition coefficient (Wildman–Crippen LogP) is 4.32. The van der Waals surface area contributed by atoms with Gasteiger partial charge < -0.3 is 5.32 Å². The highest BCUT2D eigenvalue weighted by atomic mass is 79.9. The first-order valence-electron chi connectivity index (χ1n) is 6.42.